The first-order valence-corrected chi connectivity index (χ1v) is 5.13. The topological polar surface area (TPSA) is 12.0 Å². The number of rotatable bonds is 2. The molecule has 1 aromatic rings. The summed E-state index contributed by atoms with van der Waals surface area (Å²) in [5.74, 6) is 0.834. The van der Waals surface area contributed by atoms with Crippen LogP contribution in [-0.4, -0.2) is 12.6 Å². The Hall–Kier alpha value is -0.820. The maximum atomic E-state index is 3.55. The lowest BCUT2D eigenvalue weighted by Gasteiger charge is -2.15. The van der Waals surface area contributed by atoms with E-state index in [1.54, 1.807) is 0 Å². The van der Waals surface area contributed by atoms with E-state index in [4.69, 9.17) is 0 Å². The molecular formula is C12H17N. The smallest absolute Gasteiger partial charge is 0.0134 e. The van der Waals surface area contributed by atoms with E-state index in [9.17, 15) is 0 Å². The van der Waals surface area contributed by atoms with Gasteiger partial charge in [0.25, 0.3) is 0 Å². The summed E-state index contributed by atoms with van der Waals surface area (Å²) in [6, 6.07) is 11.4. The van der Waals surface area contributed by atoms with Gasteiger partial charge in [0.1, 0.15) is 0 Å². The van der Waals surface area contributed by atoms with Crippen LogP contribution in [0.4, 0.5) is 0 Å². The molecule has 2 rings (SSSR count). The average Bonchev–Trinajstić information content (AvgIpc) is 2.54. The molecule has 0 radical (unpaired) electrons. The van der Waals surface area contributed by atoms with Crippen LogP contribution in [0.3, 0.4) is 0 Å². The van der Waals surface area contributed by atoms with Crippen molar-refractivity contribution in [2.24, 2.45) is 5.92 Å². The molecule has 0 spiro atoms. The van der Waals surface area contributed by atoms with E-state index in [0.717, 1.165) is 5.92 Å². The van der Waals surface area contributed by atoms with E-state index in [2.05, 4.69) is 42.6 Å². The van der Waals surface area contributed by atoms with Crippen molar-refractivity contribution in [3.8, 4) is 0 Å². The van der Waals surface area contributed by atoms with Gasteiger partial charge in [0.15, 0.2) is 0 Å². The molecule has 1 N–H and O–H groups in total. The third kappa shape index (κ3) is 2.10. The van der Waals surface area contributed by atoms with E-state index in [1.807, 2.05) is 0 Å². The standard InChI is InChI=1S/C12H17N/c1-10-7-8-13-12(10)9-11-5-3-2-4-6-11/h2-6,10,12-13H,7-9H2,1H3/t10-,12+/m1/s1. The molecule has 0 saturated carbocycles. The van der Waals surface area contributed by atoms with E-state index < -0.39 is 0 Å². The van der Waals surface area contributed by atoms with Gasteiger partial charge in [0.05, 0.1) is 0 Å². The first-order valence-electron chi connectivity index (χ1n) is 5.13. The van der Waals surface area contributed by atoms with Gasteiger partial charge in [-0.1, -0.05) is 37.3 Å². The molecule has 0 aromatic heterocycles. The molecule has 1 saturated heterocycles. The fourth-order valence-corrected chi connectivity index (χ4v) is 2.04. The van der Waals surface area contributed by atoms with Crippen LogP contribution < -0.4 is 5.32 Å². The van der Waals surface area contributed by atoms with Gasteiger partial charge in [-0.3, -0.25) is 0 Å². The third-order valence-electron chi connectivity index (χ3n) is 2.99. The SMILES string of the molecule is C[C@@H]1CCN[C@H]1Cc1ccccc1. The summed E-state index contributed by atoms with van der Waals surface area (Å²) in [4.78, 5) is 0. The van der Waals surface area contributed by atoms with Crippen molar-refractivity contribution >= 4 is 0 Å². The highest BCUT2D eigenvalue weighted by Crippen LogP contribution is 2.18. The predicted octanol–water partition coefficient (Wildman–Crippen LogP) is 2.23. The van der Waals surface area contributed by atoms with Crippen LogP contribution in [0.25, 0.3) is 0 Å². The van der Waals surface area contributed by atoms with Gasteiger partial charge in [-0.15, -0.1) is 0 Å². The fraction of sp³-hybridized carbons (Fsp3) is 0.500. The van der Waals surface area contributed by atoms with E-state index >= 15 is 0 Å². The Balaban J connectivity index is 1.98. The first kappa shape index (κ1) is 8.76. The number of hydrogen-bond acceptors (Lipinski definition) is 1. The largest absolute Gasteiger partial charge is 0.313 e. The van der Waals surface area contributed by atoms with Crippen molar-refractivity contribution in [2.75, 3.05) is 6.54 Å². The Bertz CT molecular complexity index is 255. The number of hydrogen-bond donors (Lipinski definition) is 1. The maximum absolute atomic E-state index is 3.55. The quantitative estimate of drug-likeness (QED) is 0.726. The van der Waals surface area contributed by atoms with Crippen molar-refractivity contribution in [1.29, 1.82) is 0 Å². The van der Waals surface area contributed by atoms with Crippen LogP contribution in [-0.2, 0) is 6.42 Å². The summed E-state index contributed by atoms with van der Waals surface area (Å²) < 4.78 is 0. The minimum atomic E-state index is 0.697. The Morgan fingerprint density at radius 3 is 2.69 bits per heavy atom. The Kier molecular flexibility index (Phi) is 2.65. The van der Waals surface area contributed by atoms with Crippen LogP contribution in [0, 0.1) is 5.92 Å². The molecule has 1 heteroatoms. The Morgan fingerprint density at radius 1 is 1.31 bits per heavy atom. The molecular weight excluding hydrogens is 158 g/mol. The number of nitrogens with one attached hydrogen (secondary N) is 1. The van der Waals surface area contributed by atoms with Crippen LogP contribution in [0.5, 0.6) is 0 Å². The van der Waals surface area contributed by atoms with Crippen LogP contribution >= 0.6 is 0 Å². The summed E-state index contributed by atoms with van der Waals surface area (Å²) >= 11 is 0. The summed E-state index contributed by atoms with van der Waals surface area (Å²) in [5.41, 5.74) is 1.45. The van der Waals surface area contributed by atoms with Crippen molar-refractivity contribution in [3.63, 3.8) is 0 Å². The highest BCUT2D eigenvalue weighted by molar-refractivity contribution is 5.16. The van der Waals surface area contributed by atoms with E-state index in [-0.39, 0.29) is 0 Å². The molecule has 2 atom stereocenters. The van der Waals surface area contributed by atoms with Gasteiger partial charge in [-0.05, 0) is 30.9 Å². The van der Waals surface area contributed by atoms with Gasteiger partial charge in [-0.25, -0.2) is 0 Å². The van der Waals surface area contributed by atoms with Crippen LogP contribution in [0.1, 0.15) is 18.9 Å². The molecule has 1 aliphatic rings. The second kappa shape index (κ2) is 3.93. The van der Waals surface area contributed by atoms with E-state index in [1.165, 1.54) is 24.9 Å². The summed E-state index contributed by atoms with van der Waals surface area (Å²) in [6.07, 6.45) is 2.51. The maximum Gasteiger partial charge on any atom is 0.0134 e. The molecule has 0 amide bonds. The highest BCUT2D eigenvalue weighted by atomic mass is 14.9. The Morgan fingerprint density at radius 2 is 2.08 bits per heavy atom. The lowest BCUT2D eigenvalue weighted by atomic mass is 9.97. The van der Waals surface area contributed by atoms with Crippen molar-refractivity contribution in [2.45, 2.75) is 25.8 Å². The van der Waals surface area contributed by atoms with Crippen molar-refractivity contribution < 1.29 is 0 Å². The van der Waals surface area contributed by atoms with Gasteiger partial charge in [-0.2, -0.15) is 0 Å². The fourth-order valence-electron chi connectivity index (χ4n) is 2.04. The molecule has 0 aliphatic carbocycles. The molecule has 0 unspecified atom stereocenters. The van der Waals surface area contributed by atoms with Gasteiger partial charge < -0.3 is 5.32 Å². The summed E-state index contributed by atoms with van der Waals surface area (Å²) in [5, 5.41) is 3.55. The third-order valence-corrected chi connectivity index (χ3v) is 2.99. The summed E-state index contributed by atoms with van der Waals surface area (Å²) in [7, 11) is 0. The van der Waals surface area contributed by atoms with Crippen LogP contribution in [0.2, 0.25) is 0 Å². The molecule has 0 bridgehead atoms. The molecule has 1 aliphatic heterocycles. The lowest BCUT2D eigenvalue weighted by molar-refractivity contribution is 0.480. The predicted molar refractivity (Wildman–Crippen MR) is 55.7 cm³/mol. The minimum absolute atomic E-state index is 0.697. The minimum Gasteiger partial charge on any atom is -0.313 e. The zero-order chi connectivity index (χ0) is 9.10. The normalized spacial score (nSPS) is 27.8. The highest BCUT2D eigenvalue weighted by Gasteiger charge is 2.22. The van der Waals surface area contributed by atoms with Gasteiger partial charge in [0, 0.05) is 6.04 Å². The zero-order valence-electron chi connectivity index (χ0n) is 8.16. The van der Waals surface area contributed by atoms with Crippen molar-refractivity contribution in [1.82, 2.24) is 5.32 Å². The Labute approximate surface area is 80.2 Å². The lowest BCUT2D eigenvalue weighted by Crippen LogP contribution is -2.27. The second-order valence-corrected chi connectivity index (χ2v) is 4.02. The van der Waals surface area contributed by atoms with E-state index in [0.29, 0.717) is 6.04 Å². The monoisotopic (exact) mass is 175 g/mol. The zero-order valence-corrected chi connectivity index (χ0v) is 8.16. The average molecular weight is 175 g/mol. The summed E-state index contributed by atoms with van der Waals surface area (Å²) in [6.45, 7) is 3.53. The molecule has 1 fully saturated rings. The molecule has 1 heterocycles. The van der Waals surface area contributed by atoms with Crippen LogP contribution in [0.15, 0.2) is 30.3 Å². The molecule has 13 heavy (non-hydrogen) atoms. The van der Waals surface area contributed by atoms with Gasteiger partial charge >= 0.3 is 0 Å². The molecule has 1 aromatic carbocycles. The second-order valence-electron chi connectivity index (χ2n) is 4.02. The molecule has 1 nitrogen and oxygen atoms in total. The number of benzene rings is 1. The van der Waals surface area contributed by atoms with Gasteiger partial charge in [0.2, 0.25) is 0 Å². The van der Waals surface area contributed by atoms with Crippen molar-refractivity contribution in [3.05, 3.63) is 35.9 Å². The molecule has 70 valence electrons. The first-order chi connectivity index (χ1) is 6.36.